The Balaban J connectivity index is 2.70. The summed E-state index contributed by atoms with van der Waals surface area (Å²) >= 11 is 5.91. The molecule has 4 nitrogen and oxygen atoms in total. The fourth-order valence-corrected chi connectivity index (χ4v) is 1.36. The van der Waals surface area contributed by atoms with E-state index in [0.717, 1.165) is 5.56 Å². The average molecular weight is 227 g/mol. The van der Waals surface area contributed by atoms with Crippen LogP contribution in [0.25, 0.3) is 0 Å². The lowest BCUT2D eigenvalue weighted by atomic mass is 10.1. The number of aromatic carboxylic acids is 1. The minimum absolute atomic E-state index is 0.190. The first-order chi connectivity index (χ1) is 7.15. The topological polar surface area (TPSA) is 58.6 Å². The summed E-state index contributed by atoms with van der Waals surface area (Å²) in [5, 5.41) is 12.1. The maximum atomic E-state index is 10.6. The molecule has 0 fully saturated rings. The van der Waals surface area contributed by atoms with Gasteiger partial charge in [0.25, 0.3) is 0 Å². The van der Waals surface area contributed by atoms with Crippen LogP contribution < -0.4 is 5.23 Å². The van der Waals surface area contributed by atoms with Crippen LogP contribution in [0.3, 0.4) is 0 Å². The first-order valence-electron chi connectivity index (χ1n) is 4.36. The summed E-state index contributed by atoms with van der Waals surface area (Å²) in [6.07, 6.45) is 0. The van der Waals surface area contributed by atoms with Gasteiger partial charge in [-0.15, -0.1) is 0 Å². The molecule has 0 bridgehead atoms. The van der Waals surface area contributed by atoms with Gasteiger partial charge in [0.2, 0.25) is 0 Å². The molecule has 15 heavy (non-hydrogen) atoms. The predicted molar refractivity (Wildman–Crippen MR) is 59.4 cm³/mol. The smallest absolute Gasteiger partial charge is 0.360 e. The van der Waals surface area contributed by atoms with Crippen molar-refractivity contribution < 1.29 is 14.6 Å². The fourth-order valence-electron chi connectivity index (χ4n) is 1.11. The quantitative estimate of drug-likeness (QED) is 0.583. The maximum absolute atomic E-state index is 10.6. The summed E-state index contributed by atoms with van der Waals surface area (Å²) in [6, 6.07) is 4.65. The van der Waals surface area contributed by atoms with Crippen LogP contribution in [0.5, 0.6) is 0 Å². The molecule has 0 unspecified atom stereocenters. The lowest BCUT2D eigenvalue weighted by Gasteiger charge is -2.05. The molecule has 1 aromatic rings. The normalized spacial score (nSPS) is 10.0. The van der Waals surface area contributed by atoms with Crippen LogP contribution in [0.1, 0.15) is 15.9 Å². The summed E-state index contributed by atoms with van der Waals surface area (Å²) in [7, 11) is 2.01. The highest BCUT2D eigenvalue weighted by atomic mass is 35.5. The first-order valence-corrected chi connectivity index (χ1v) is 4.74. The molecule has 1 aromatic carbocycles. The molecule has 1 rings (SSSR count). The number of halogens is 1. The van der Waals surface area contributed by atoms with E-state index in [0.29, 0.717) is 19.2 Å². The van der Waals surface area contributed by atoms with E-state index in [1.807, 2.05) is 0 Å². The third-order valence-corrected chi connectivity index (χ3v) is 2.21. The van der Waals surface area contributed by atoms with E-state index < -0.39 is 5.97 Å². The zero-order valence-corrected chi connectivity index (χ0v) is 9.04. The molecule has 0 amide bonds. The fraction of sp³-hybridized carbons (Fsp3) is 0.222. The minimum Gasteiger partial charge on any atom is -0.478 e. The van der Waals surface area contributed by atoms with E-state index in [9.17, 15) is 4.79 Å². The van der Waals surface area contributed by atoms with Crippen molar-refractivity contribution in [2.45, 2.75) is 6.54 Å². The molecule has 0 heterocycles. The zero-order chi connectivity index (χ0) is 11.3. The van der Waals surface area contributed by atoms with E-state index in [4.69, 9.17) is 21.4 Å². The predicted octanol–water partition coefficient (Wildman–Crippen LogP) is 1.04. The van der Waals surface area contributed by atoms with Crippen LogP contribution in [0.15, 0.2) is 18.2 Å². The number of nitrogens with one attached hydrogen (secondary N) is 1. The zero-order valence-electron chi connectivity index (χ0n) is 8.29. The molecule has 6 heteroatoms. The Morgan fingerprint density at radius 2 is 2.40 bits per heavy atom. The third kappa shape index (κ3) is 3.55. The minimum atomic E-state index is -0.978. The summed E-state index contributed by atoms with van der Waals surface area (Å²) in [6.45, 7) is 0.548. The summed E-state index contributed by atoms with van der Waals surface area (Å²) < 4.78 is 4.82. The van der Waals surface area contributed by atoms with Crippen molar-refractivity contribution in [3.05, 3.63) is 34.3 Å². The molecule has 0 saturated carbocycles. The lowest BCUT2D eigenvalue weighted by Crippen LogP contribution is -2.20. The van der Waals surface area contributed by atoms with Crippen LogP contribution >= 0.6 is 11.6 Å². The highest BCUT2D eigenvalue weighted by Gasteiger charge is 2.06. The first kappa shape index (κ1) is 12.0. The van der Waals surface area contributed by atoms with E-state index in [1.54, 1.807) is 13.2 Å². The van der Waals surface area contributed by atoms with E-state index in [-0.39, 0.29) is 5.56 Å². The molecule has 0 aliphatic carbocycles. The van der Waals surface area contributed by atoms with Crippen LogP contribution in [0.2, 0.25) is 5.02 Å². The Morgan fingerprint density at radius 3 is 2.93 bits per heavy atom. The number of carboxylic acids is 1. The Bertz CT molecular complexity index is 359. The van der Waals surface area contributed by atoms with E-state index >= 15 is 0 Å². The number of rotatable bonds is 5. The highest BCUT2D eigenvalue weighted by Crippen LogP contribution is 2.17. The molecule has 0 aromatic heterocycles. The molecular weight excluding hydrogens is 216 g/mol. The molecule has 0 radical (unpaired) electrons. The van der Waals surface area contributed by atoms with Crippen LogP contribution in [0.4, 0.5) is 0 Å². The van der Waals surface area contributed by atoms with Crippen molar-refractivity contribution in [1.82, 2.24) is 5.23 Å². The third-order valence-electron chi connectivity index (χ3n) is 1.86. The molecule has 2 N–H and O–H groups in total. The molecule has 0 saturated heterocycles. The van der Waals surface area contributed by atoms with Crippen molar-refractivity contribution in [2.75, 3.05) is 7.11 Å². The van der Waals surface area contributed by atoms with Gasteiger partial charge in [0.05, 0.1) is 5.56 Å². The summed E-state index contributed by atoms with van der Waals surface area (Å²) in [5.41, 5.74) is 1.04. The van der Waals surface area contributed by atoms with Gasteiger partial charge >= 0.3 is 13.6 Å². The Labute approximate surface area is 93.5 Å². The van der Waals surface area contributed by atoms with Gasteiger partial charge in [0, 0.05) is 18.7 Å². The standard InChI is InChI=1S/C9H11BClNO3/c1-15-10-12-5-7-3-2-6(9(13)14)4-8(7)11/h2-4,10,12H,5H2,1H3,(H,13,14). The van der Waals surface area contributed by atoms with Crippen LogP contribution in [-0.2, 0) is 11.2 Å². The van der Waals surface area contributed by atoms with Crippen molar-refractivity contribution in [3.63, 3.8) is 0 Å². The van der Waals surface area contributed by atoms with Crippen molar-refractivity contribution in [3.8, 4) is 0 Å². The van der Waals surface area contributed by atoms with Gasteiger partial charge in [0.15, 0.2) is 0 Å². The molecule has 0 spiro atoms. The molecule has 80 valence electrons. The summed E-state index contributed by atoms with van der Waals surface area (Å²) in [5.74, 6) is -0.978. The Morgan fingerprint density at radius 1 is 1.67 bits per heavy atom. The van der Waals surface area contributed by atoms with E-state index in [1.165, 1.54) is 12.1 Å². The van der Waals surface area contributed by atoms with Gasteiger partial charge in [-0.1, -0.05) is 17.7 Å². The summed E-state index contributed by atoms with van der Waals surface area (Å²) in [4.78, 5) is 10.6. The SMILES string of the molecule is COBNCc1ccc(C(=O)O)cc1Cl. The van der Waals surface area contributed by atoms with Gasteiger partial charge in [-0.25, -0.2) is 4.79 Å². The number of benzene rings is 1. The highest BCUT2D eigenvalue weighted by molar-refractivity contribution is 6.31. The van der Waals surface area contributed by atoms with Gasteiger partial charge in [-0.3, -0.25) is 0 Å². The largest absolute Gasteiger partial charge is 0.478 e. The van der Waals surface area contributed by atoms with E-state index in [2.05, 4.69) is 5.23 Å². The number of carbonyl (C=O) groups is 1. The second kappa shape index (κ2) is 5.75. The number of hydrogen-bond donors (Lipinski definition) is 2. The Kier molecular flexibility index (Phi) is 4.61. The van der Waals surface area contributed by atoms with Crippen molar-refractivity contribution in [1.29, 1.82) is 0 Å². The average Bonchev–Trinajstić information content (AvgIpc) is 2.20. The number of hydrogen-bond acceptors (Lipinski definition) is 3. The van der Waals surface area contributed by atoms with Crippen LogP contribution in [-0.4, -0.2) is 25.8 Å². The van der Waals surface area contributed by atoms with Crippen molar-refractivity contribution in [2.24, 2.45) is 0 Å². The van der Waals surface area contributed by atoms with Gasteiger partial charge in [0.1, 0.15) is 0 Å². The van der Waals surface area contributed by atoms with Gasteiger partial charge < -0.3 is 15.0 Å². The maximum Gasteiger partial charge on any atom is 0.360 e. The molecule has 0 atom stereocenters. The van der Waals surface area contributed by atoms with Gasteiger partial charge in [-0.05, 0) is 17.7 Å². The van der Waals surface area contributed by atoms with Crippen molar-refractivity contribution >= 4 is 25.2 Å². The van der Waals surface area contributed by atoms with Crippen LogP contribution in [0, 0.1) is 0 Å². The lowest BCUT2D eigenvalue weighted by molar-refractivity contribution is 0.0697. The second-order valence-corrected chi connectivity index (χ2v) is 3.38. The molecule has 0 aliphatic rings. The monoisotopic (exact) mass is 227 g/mol. The second-order valence-electron chi connectivity index (χ2n) is 2.97. The molecule has 0 aliphatic heterocycles. The number of carboxylic acid groups (broad SMARTS) is 1. The Hall–Kier alpha value is -1.04. The molecular formula is C9H11BClNO3. The van der Waals surface area contributed by atoms with Gasteiger partial charge in [-0.2, -0.15) is 0 Å².